The number of nitro benzene ring substituents is 1. The van der Waals surface area contributed by atoms with Gasteiger partial charge in [-0.05, 0) is 6.07 Å². The second-order valence-electron chi connectivity index (χ2n) is 3.78. The molecule has 0 atom stereocenters. The molecule has 1 aromatic rings. The number of nitro groups is 1. The Bertz CT molecular complexity index is 567. The maximum atomic E-state index is 12.4. The van der Waals surface area contributed by atoms with Gasteiger partial charge in [0, 0.05) is 32.3 Å². The van der Waals surface area contributed by atoms with Crippen molar-refractivity contribution in [3.05, 3.63) is 28.3 Å². The molecule has 8 heteroatoms. The van der Waals surface area contributed by atoms with Gasteiger partial charge in [0.2, 0.25) is 10.0 Å². The van der Waals surface area contributed by atoms with E-state index in [4.69, 9.17) is 0 Å². The molecule has 7 nitrogen and oxygen atoms in total. The van der Waals surface area contributed by atoms with Crippen molar-refractivity contribution in [1.29, 1.82) is 0 Å². The molecule has 1 rings (SSSR count). The molecule has 0 spiro atoms. The van der Waals surface area contributed by atoms with Crippen LogP contribution >= 0.6 is 0 Å². The first kappa shape index (κ1) is 15.4. The van der Waals surface area contributed by atoms with Gasteiger partial charge in [-0.3, -0.25) is 10.1 Å². The molecule has 0 aliphatic rings. The fourth-order valence-corrected chi connectivity index (χ4v) is 3.39. The van der Waals surface area contributed by atoms with E-state index < -0.39 is 14.9 Å². The van der Waals surface area contributed by atoms with Crippen LogP contribution in [0.25, 0.3) is 0 Å². The molecule has 0 aliphatic carbocycles. The molecule has 0 amide bonds. The summed E-state index contributed by atoms with van der Waals surface area (Å²) in [4.78, 5) is 10.2. The fraction of sp³-hybridized carbons (Fsp3) is 0.455. The Labute approximate surface area is 112 Å². The van der Waals surface area contributed by atoms with Crippen molar-refractivity contribution < 1.29 is 13.3 Å². The standard InChI is InChI=1S/C11H17N3O4S/c1-4-13(5-2)19(17,18)11-7-6-9(14(15)16)8-10(11)12-3/h6-8,12H,4-5H2,1-3H3. The molecule has 0 saturated heterocycles. The third kappa shape index (κ3) is 3.02. The number of rotatable bonds is 6. The Morgan fingerprint density at radius 2 is 1.89 bits per heavy atom. The monoisotopic (exact) mass is 287 g/mol. The Kier molecular flexibility index (Phi) is 4.84. The summed E-state index contributed by atoms with van der Waals surface area (Å²) in [7, 11) is -2.11. The van der Waals surface area contributed by atoms with Gasteiger partial charge in [0.05, 0.1) is 10.6 Å². The zero-order chi connectivity index (χ0) is 14.6. The summed E-state index contributed by atoms with van der Waals surface area (Å²) in [6.07, 6.45) is 0. The van der Waals surface area contributed by atoms with Gasteiger partial charge in [-0.15, -0.1) is 0 Å². The number of hydrogen-bond donors (Lipinski definition) is 1. The number of sulfonamides is 1. The molecule has 19 heavy (non-hydrogen) atoms. The predicted octanol–water partition coefficient (Wildman–Crippen LogP) is 1.67. The number of non-ortho nitro benzene ring substituents is 1. The Hall–Kier alpha value is -1.67. The van der Waals surface area contributed by atoms with Crippen LogP contribution in [0.1, 0.15) is 13.8 Å². The minimum Gasteiger partial charge on any atom is -0.387 e. The molecule has 0 heterocycles. The number of anilines is 1. The molecule has 1 aromatic carbocycles. The van der Waals surface area contributed by atoms with Crippen LogP contribution in [0.4, 0.5) is 11.4 Å². The van der Waals surface area contributed by atoms with E-state index in [1.807, 2.05) is 0 Å². The summed E-state index contributed by atoms with van der Waals surface area (Å²) >= 11 is 0. The van der Waals surface area contributed by atoms with Crippen LogP contribution in [0.15, 0.2) is 23.1 Å². The first-order valence-electron chi connectivity index (χ1n) is 5.84. The highest BCUT2D eigenvalue weighted by Gasteiger charge is 2.25. The lowest BCUT2D eigenvalue weighted by Crippen LogP contribution is -2.31. The number of benzene rings is 1. The molecule has 0 saturated carbocycles. The van der Waals surface area contributed by atoms with E-state index in [2.05, 4.69) is 5.32 Å². The molecule has 1 N–H and O–H groups in total. The Balaban J connectivity index is 3.39. The second kappa shape index (κ2) is 5.98. The van der Waals surface area contributed by atoms with Gasteiger partial charge < -0.3 is 5.32 Å². The zero-order valence-electron chi connectivity index (χ0n) is 11.1. The Morgan fingerprint density at radius 3 is 2.32 bits per heavy atom. The largest absolute Gasteiger partial charge is 0.387 e. The predicted molar refractivity (Wildman–Crippen MR) is 72.7 cm³/mol. The lowest BCUT2D eigenvalue weighted by molar-refractivity contribution is -0.384. The van der Waals surface area contributed by atoms with Crippen molar-refractivity contribution in [2.75, 3.05) is 25.5 Å². The van der Waals surface area contributed by atoms with Crippen LogP contribution in [0, 0.1) is 10.1 Å². The molecule has 106 valence electrons. The lowest BCUT2D eigenvalue weighted by atomic mass is 10.3. The van der Waals surface area contributed by atoms with Crippen LogP contribution in [-0.2, 0) is 10.0 Å². The van der Waals surface area contributed by atoms with Gasteiger partial charge in [0.15, 0.2) is 0 Å². The van der Waals surface area contributed by atoms with Crippen molar-refractivity contribution in [1.82, 2.24) is 4.31 Å². The average Bonchev–Trinajstić information content (AvgIpc) is 2.38. The van der Waals surface area contributed by atoms with E-state index in [1.54, 1.807) is 13.8 Å². The van der Waals surface area contributed by atoms with Crippen molar-refractivity contribution in [3.63, 3.8) is 0 Å². The third-order valence-corrected chi connectivity index (χ3v) is 4.87. The summed E-state index contributed by atoms with van der Waals surface area (Å²) < 4.78 is 26.0. The van der Waals surface area contributed by atoms with Gasteiger partial charge in [0.25, 0.3) is 5.69 Å². The topological polar surface area (TPSA) is 92.5 Å². The van der Waals surface area contributed by atoms with Gasteiger partial charge in [0.1, 0.15) is 4.90 Å². The van der Waals surface area contributed by atoms with E-state index in [0.717, 1.165) is 0 Å². The second-order valence-corrected chi connectivity index (χ2v) is 5.68. The lowest BCUT2D eigenvalue weighted by Gasteiger charge is -2.20. The van der Waals surface area contributed by atoms with E-state index in [-0.39, 0.29) is 16.3 Å². The molecular weight excluding hydrogens is 270 g/mol. The summed E-state index contributed by atoms with van der Waals surface area (Å²) in [5, 5.41) is 13.4. The Morgan fingerprint density at radius 1 is 1.32 bits per heavy atom. The van der Waals surface area contributed by atoms with Crippen molar-refractivity contribution in [2.24, 2.45) is 0 Å². The van der Waals surface area contributed by atoms with E-state index in [0.29, 0.717) is 13.1 Å². The minimum absolute atomic E-state index is 0.0456. The normalized spacial score (nSPS) is 11.6. The van der Waals surface area contributed by atoms with Crippen LogP contribution in [-0.4, -0.2) is 37.8 Å². The number of hydrogen-bond acceptors (Lipinski definition) is 5. The van der Waals surface area contributed by atoms with E-state index in [9.17, 15) is 18.5 Å². The molecular formula is C11H17N3O4S. The molecule has 0 fully saturated rings. The first-order chi connectivity index (χ1) is 8.88. The molecule has 0 aliphatic heterocycles. The smallest absolute Gasteiger partial charge is 0.271 e. The van der Waals surface area contributed by atoms with Crippen LogP contribution in [0.2, 0.25) is 0 Å². The SMILES string of the molecule is CCN(CC)S(=O)(=O)c1ccc([N+](=O)[O-])cc1NC. The molecule has 0 bridgehead atoms. The highest BCUT2D eigenvalue weighted by atomic mass is 32.2. The highest BCUT2D eigenvalue weighted by Crippen LogP contribution is 2.28. The number of nitrogens with one attached hydrogen (secondary N) is 1. The van der Waals surface area contributed by atoms with Gasteiger partial charge in [-0.25, -0.2) is 8.42 Å². The average molecular weight is 287 g/mol. The summed E-state index contributed by atoms with van der Waals surface area (Å²) in [6, 6.07) is 3.67. The summed E-state index contributed by atoms with van der Waals surface area (Å²) in [5.74, 6) is 0. The van der Waals surface area contributed by atoms with Crippen LogP contribution in [0.5, 0.6) is 0 Å². The highest BCUT2D eigenvalue weighted by molar-refractivity contribution is 7.89. The molecule has 0 aromatic heterocycles. The van der Waals surface area contributed by atoms with E-state index in [1.165, 1.54) is 29.6 Å². The third-order valence-electron chi connectivity index (χ3n) is 2.77. The first-order valence-corrected chi connectivity index (χ1v) is 7.28. The summed E-state index contributed by atoms with van der Waals surface area (Å²) in [5.41, 5.74) is 0.0731. The van der Waals surface area contributed by atoms with Crippen molar-refractivity contribution in [3.8, 4) is 0 Å². The fourth-order valence-electron chi connectivity index (χ4n) is 1.75. The van der Waals surface area contributed by atoms with E-state index >= 15 is 0 Å². The molecule has 0 unspecified atom stereocenters. The maximum Gasteiger partial charge on any atom is 0.271 e. The zero-order valence-corrected chi connectivity index (χ0v) is 11.9. The quantitative estimate of drug-likeness (QED) is 0.634. The maximum absolute atomic E-state index is 12.4. The van der Waals surface area contributed by atoms with Gasteiger partial charge >= 0.3 is 0 Å². The minimum atomic E-state index is -3.64. The van der Waals surface area contributed by atoms with Gasteiger partial charge in [-0.2, -0.15) is 4.31 Å². The van der Waals surface area contributed by atoms with Crippen molar-refractivity contribution >= 4 is 21.4 Å². The summed E-state index contributed by atoms with van der Waals surface area (Å²) in [6.45, 7) is 4.18. The van der Waals surface area contributed by atoms with Crippen LogP contribution < -0.4 is 5.32 Å². The van der Waals surface area contributed by atoms with Crippen LogP contribution in [0.3, 0.4) is 0 Å². The molecule has 0 radical (unpaired) electrons. The van der Waals surface area contributed by atoms with Crippen molar-refractivity contribution in [2.45, 2.75) is 18.7 Å². The number of nitrogens with zero attached hydrogens (tertiary/aromatic N) is 2. The van der Waals surface area contributed by atoms with Gasteiger partial charge in [-0.1, -0.05) is 13.8 Å².